The van der Waals surface area contributed by atoms with E-state index in [9.17, 15) is 0 Å². The number of hydrogen-bond donors (Lipinski definition) is 0. The zero-order valence-corrected chi connectivity index (χ0v) is 12.2. The highest BCUT2D eigenvalue weighted by Gasteiger charge is 2.38. The minimum Gasteiger partial charge on any atom is -0.295 e. The van der Waals surface area contributed by atoms with E-state index in [4.69, 9.17) is 5.26 Å². The fraction of sp³-hybridized carbons (Fsp3) is 0.611. The van der Waals surface area contributed by atoms with E-state index in [2.05, 4.69) is 41.3 Å². The maximum atomic E-state index is 9.16. The summed E-state index contributed by atoms with van der Waals surface area (Å²) in [5.41, 5.74) is 1.96. The molecule has 0 N–H and O–H groups in total. The first-order valence-corrected chi connectivity index (χ1v) is 7.99. The van der Waals surface area contributed by atoms with E-state index < -0.39 is 0 Å². The Bertz CT molecular complexity index is 458. The fourth-order valence-corrected chi connectivity index (χ4v) is 4.15. The van der Waals surface area contributed by atoms with Crippen LogP contribution in [0.25, 0.3) is 0 Å². The third kappa shape index (κ3) is 2.74. The molecule has 2 heteroatoms. The summed E-state index contributed by atoms with van der Waals surface area (Å²) in [5, 5.41) is 9.16. The minimum absolute atomic E-state index is 0.292. The van der Waals surface area contributed by atoms with Crippen LogP contribution in [0.3, 0.4) is 0 Å². The average molecular weight is 268 g/mol. The van der Waals surface area contributed by atoms with Gasteiger partial charge in [0, 0.05) is 6.04 Å². The quantitative estimate of drug-likeness (QED) is 0.817. The van der Waals surface area contributed by atoms with Crippen molar-refractivity contribution in [1.82, 2.24) is 4.90 Å². The maximum absolute atomic E-state index is 9.16. The topological polar surface area (TPSA) is 27.0 Å². The number of rotatable bonds is 3. The Kier molecular flexibility index (Phi) is 4.08. The fourth-order valence-electron chi connectivity index (χ4n) is 4.15. The molecular weight excluding hydrogens is 244 g/mol. The van der Waals surface area contributed by atoms with Crippen molar-refractivity contribution < 1.29 is 0 Å². The van der Waals surface area contributed by atoms with Crippen LogP contribution in [0.2, 0.25) is 0 Å². The molecule has 1 spiro atoms. The van der Waals surface area contributed by atoms with Crippen LogP contribution in [0, 0.1) is 16.7 Å². The number of likely N-dealkylation sites (tertiary alicyclic amines) is 1. The van der Waals surface area contributed by atoms with Crippen molar-refractivity contribution in [1.29, 1.82) is 5.26 Å². The summed E-state index contributed by atoms with van der Waals surface area (Å²) in [5.74, 6) is 0. The molecule has 3 rings (SSSR count). The van der Waals surface area contributed by atoms with Crippen molar-refractivity contribution in [2.75, 3.05) is 13.1 Å². The Hall–Kier alpha value is -1.33. The highest BCUT2D eigenvalue weighted by molar-refractivity contribution is 5.20. The molecular formula is C18H24N2. The lowest BCUT2D eigenvalue weighted by Crippen LogP contribution is -2.40. The van der Waals surface area contributed by atoms with Gasteiger partial charge in [0.2, 0.25) is 0 Å². The summed E-state index contributed by atoms with van der Waals surface area (Å²) >= 11 is 0. The largest absolute Gasteiger partial charge is 0.295 e. The van der Waals surface area contributed by atoms with Gasteiger partial charge in [0.15, 0.2) is 0 Å². The molecule has 1 aromatic carbocycles. The molecule has 106 valence electrons. The normalized spacial score (nSPS) is 23.6. The second kappa shape index (κ2) is 5.97. The van der Waals surface area contributed by atoms with Gasteiger partial charge < -0.3 is 0 Å². The van der Waals surface area contributed by atoms with Gasteiger partial charge in [0.05, 0.1) is 12.5 Å². The molecule has 0 radical (unpaired) electrons. The second-order valence-electron chi connectivity index (χ2n) is 6.53. The van der Waals surface area contributed by atoms with Gasteiger partial charge in [0.25, 0.3) is 0 Å². The number of piperidine rings is 1. The van der Waals surface area contributed by atoms with Crippen LogP contribution < -0.4 is 0 Å². The molecule has 2 fully saturated rings. The minimum atomic E-state index is 0.292. The predicted molar refractivity (Wildman–Crippen MR) is 81.1 cm³/mol. The van der Waals surface area contributed by atoms with Crippen LogP contribution >= 0.6 is 0 Å². The molecule has 2 aliphatic rings. The van der Waals surface area contributed by atoms with Gasteiger partial charge in [-0.1, -0.05) is 43.2 Å². The molecule has 1 saturated heterocycles. The van der Waals surface area contributed by atoms with Crippen LogP contribution in [-0.2, 0) is 0 Å². The Morgan fingerprint density at radius 2 is 1.70 bits per heavy atom. The lowest BCUT2D eigenvalue weighted by molar-refractivity contribution is 0.0767. The molecule has 1 atom stereocenters. The van der Waals surface area contributed by atoms with Crippen LogP contribution in [0.5, 0.6) is 0 Å². The smallest absolute Gasteiger partial charge is 0.0641 e. The van der Waals surface area contributed by atoms with Gasteiger partial charge in [-0.15, -0.1) is 0 Å². The highest BCUT2D eigenvalue weighted by Crippen LogP contribution is 2.47. The zero-order valence-electron chi connectivity index (χ0n) is 12.2. The van der Waals surface area contributed by atoms with Gasteiger partial charge in [0.1, 0.15) is 0 Å². The van der Waals surface area contributed by atoms with E-state index in [1.165, 1.54) is 57.2 Å². The van der Waals surface area contributed by atoms with Crippen molar-refractivity contribution in [3.8, 4) is 6.07 Å². The van der Waals surface area contributed by atoms with Gasteiger partial charge in [-0.2, -0.15) is 5.26 Å². The SMILES string of the molecule is N#CCC(c1ccccc1)N1CCC2(CCCC2)CC1. The molecule has 1 unspecified atom stereocenters. The summed E-state index contributed by atoms with van der Waals surface area (Å²) < 4.78 is 0. The molecule has 0 bridgehead atoms. The number of benzene rings is 1. The van der Waals surface area contributed by atoms with Crippen molar-refractivity contribution >= 4 is 0 Å². The number of nitrogens with zero attached hydrogens (tertiary/aromatic N) is 2. The van der Waals surface area contributed by atoms with Crippen molar-refractivity contribution in [2.24, 2.45) is 5.41 Å². The molecule has 2 nitrogen and oxygen atoms in total. The Morgan fingerprint density at radius 3 is 2.30 bits per heavy atom. The molecule has 1 saturated carbocycles. The first kappa shape index (κ1) is 13.6. The predicted octanol–water partition coefficient (Wildman–Crippen LogP) is 4.30. The second-order valence-corrected chi connectivity index (χ2v) is 6.53. The lowest BCUT2D eigenvalue weighted by atomic mass is 9.76. The summed E-state index contributed by atoms with van der Waals surface area (Å²) in [6, 6.07) is 13.2. The van der Waals surface area contributed by atoms with E-state index in [1.807, 2.05) is 0 Å². The van der Waals surface area contributed by atoms with Crippen molar-refractivity contribution in [3.63, 3.8) is 0 Å². The van der Waals surface area contributed by atoms with Crippen LogP contribution in [0.15, 0.2) is 30.3 Å². The first-order valence-electron chi connectivity index (χ1n) is 7.99. The van der Waals surface area contributed by atoms with Crippen LogP contribution in [0.4, 0.5) is 0 Å². The molecule has 20 heavy (non-hydrogen) atoms. The van der Waals surface area contributed by atoms with Gasteiger partial charge in [-0.25, -0.2) is 0 Å². The van der Waals surface area contributed by atoms with E-state index in [-0.39, 0.29) is 0 Å². The third-order valence-corrected chi connectivity index (χ3v) is 5.43. The van der Waals surface area contributed by atoms with E-state index in [1.54, 1.807) is 0 Å². The zero-order chi connectivity index (χ0) is 13.8. The molecule has 0 aromatic heterocycles. The van der Waals surface area contributed by atoms with Gasteiger partial charge >= 0.3 is 0 Å². The monoisotopic (exact) mass is 268 g/mol. The number of nitriles is 1. The van der Waals surface area contributed by atoms with E-state index in [0.29, 0.717) is 17.9 Å². The molecule has 1 aromatic rings. The average Bonchev–Trinajstić information content (AvgIpc) is 2.95. The molecule has 1 heterocycles. The summed E-state index contributed by atoms with van der Waals surface area (Å²) in [7, 11) is 0. The summed E-state index contributed by atoms with van der Waals surface area (Å²) in [6.45, 7) is 2.34. The molecule has 1 aliphatic heterocycles. The van der Waals surface area contributed by atoms with Crippen LogP contribution in [-0.4, -0.2) is 18.0 Å². The van der Waals surface area contributed by atoms with Crippen LogP contribution in [0.1, 0.15) is 56.6 Å². The molecule has 1 aliphatic carbocycles. The summed E-state index contributed by atoms with van der Waals surface area (Å²) in [4.78, 5) is 2.54. The standard InChI is InChI=1S/C18H24N2/c19-13-8-17(16-6-2-1-3-7-16)20-14-11-18(12-15-20)9-4-5-10-18/h1-3,6-7,17H,4-5,8-12,14-15H2. The Labute approximate surface area is 122 Å². The highest BCUT2D eigenvalue weighted by atomic mass is 15.2. The van der Waals surface area contributed by atoms with Gasteiger partial charge in [-0.05, 0) is 49.8 Å². The Morgan fingerprint density at radius 1 is 1.05 bits per heavy atom. The van der Waals surface area contributed by atoms with Crippen molar-refractivity contribution in [2.45, 2.75) is 51.0 Å². The lowest BCUT2D eigenvalue weighted by Gasteiger charge is -2.42. The Balaban J connectivity index is 1.69. The maximum Gasteiger partial charge on any atom is 0.0641 e. The number of hydrogen-bond acceptors (Lipinski definition) is 2. The van der Waals surface area contributed by atoms with E-state index in [0.717, 1.165) is 0 Å². The van der Waals surface area contributed by atoms with E-state index >= 15 is 0 Å². The van der Waals surface area contributed by atoms with Gasteiger partial charge in [-0.3, -0.25) is 4.90 Å². The molecule has 0 amide bonds. The van der Waals surface area contributed by atoms with Crippen molar-refractivity contribution in [3.05, 3.63) is 35.9 Å². The third-order valence-electron chi connectivity index (χ3n) is 5.43. The first-order chi connectivity index (χ1) is 9.83. The summed E-state index contributed by atoms with van der Waals surface area (Å²) in [6.07, 6.45) is 9.02.